The molecular weight excluding hydrogens is 384 g/mol. The number of esters is 2. The molecule has 0 aliphatic heterocycles. The Labute approximate surface area is 172 Å². The van der Waals surface area contributed by atoms with Gasteiger partial charge in [-0.2, -0.15) is 0 Å². The number of carbonyl (C=O) groups is 3. The van der Waals surface area contributed by atoms with E-state index in [4.69, 9.17) is 15.2 Å². The first-order valence-electron chi connectivity index (χ1n) is 8.97. The van der Waals surface area contributed by atoms with Crippen LogP contribution in [0.3, 0.4) is 0 Å². The minimum Gasteiger partial charge on any atom is -1.00 e. The summed E-state index contributed by atoms with van der Waals surface area (Å²) in [7, 11) is 0. The highest BCUT2D eigenvalue weighted by molar-refractivity contribution is 5.81. The smallest absolute Gasteiger partial charge is 0.317 e. The number of hydrogen-bond donors (Lipinski definition) is 2. The number of primary amides is 1. The Bertz CT molecular complexity index is 726. The zero-order valence-corrected chi connectivity index (χ0v) is 18.2. The van der Waals surface area contributed by atoms with Gasteiger partial charge in [0.05, 0.1) is 10.8 Å². The summed E-state index contributed by atoms with van der Waals surface area (Å²) in [6.45, 7) is 10.6. The van der Waals surface area contributed by atoms with E-state index in [1.165, 1.54) is 0 Å². The number of benzene rings is 1. The molecule has 0 radical (unpaired) electrons. The molecule has 0 saturated heterocycles. The van der Waals surface area contributed by atoms with Crippen molar-refractivity contribution in [2.24, 2.45) is 16.6 Å². The lowest BCUT2D eigenvalue weighted by atomic mass is 9.91. The van der Waals surface area contributed by atoms with Crippen molar-refractivity contribution in [2.45, 2.75) is 60.4 Å². The molecule has 0 aliphatic rings. The topological polar surface area (TPSA) is 123 Å². The summed E-state index contributed by atoms with van der Waals surface area (Å²) in [6, 6.07) is 4.20. The maximum atomic E-state index is 12.4. The number of quaternary nitrogens is 1. The molecule has 8 heteroatoms. The minimum absolute atomic E-state index is 0. The SMILES string of the molecule is CCC(C)(C)C(=O)Oc1ccc(C[C@H]([NH3+])C(N)=O)cc1OC(=O)C(C)(C)C.[Cl-]. The molecule has 1 amide bonds. The molecule has 1 aromatic carbocycles. The molecular formula is C20H31ClN2O5. The van der Waals surface area contributed by atoms with Gasteiger partial charge in [-0.05, 0) is 58.7 Å². The van der Waals surface area contributed by atoms with Crippen LogP contribution in [-0.2, 0) is 20.8 Å². The second-order valence-electron chi connectivity index (χ2n) is 8.35. The van der Waals surface area contributed by atoms with Gasteiger partial charge in [0, 0.05) is 6.42 Å². The Morgan fingerprint density at radius 1 is 1.04 bits per heavy atom. The van der Waals surface area contributed by atoms with Crippen molar-refractivity contribution in [1.82, 2.24) is 0 Å². The van der Waals surface area contributed by atoms with E-state index in [9.17, 15) is 14.4 Å². The average molecular weight is 415 g/mol. The van der Waals surface area contributed by atoms with Crippen molar-refractivity contribution >= 4 is 17.8 Å². The molecule has 1 aromatic rings. The summed E-state index contributed by atoms with van der Waals surface area (Å²) in [5, 5.41) is 0. The third-order valence-electron chi connectivity index (χ3n) is 4.35. The number of amides is 1. The Morgan fingerprint density at radius 2 is 1.57 bits per heavy atom. The van der Waals surface area contributed by atoms with Crippen LogP contribution < -0.4 is 33.3 Å². The molecule has 1 atom stereocenters. The van der Waals surface area contributed by atoms with Crippen molar-refractivity contribution in [3.63, 3.8) is 0 Å². The molecule has 0 aliphatic carbocycles. The number of carbonyl (C=O) groups excluding carboxylic acids is 3. The van der Waals surface area contributed by atoms with Crippen LogP contribution in [0.4, 0.5) is 0 Å². The Balaban J connectivity index is 0.00000729. The number of nitrogens with two attached hydrogens (primary N) is 1. The van der Waals surface area contributed by atoms with E-state index >= 15 is 0 Å². The van der Waals surface area contributed by atoms with E-state index in [0.29, 0.717) is 12.0 Å². The molecule has 1 rings (SSSR count). The molecule has 158 valence electrons. The third-order valence-corrected chi connectivity index (χ3v) is 4.35. The predicted molar refractivity (Wildman–Crippen MR) is 101 cm³/mol. The fourth-order valence-corrected chi connectivity index (χ4v) is 1.86. The summed E-state index contributed by atoms with van der Waals surface area (Å²) < 4.78 is 11.0. The standard InChI is InChI=1S/C20H30N2O5.ClH/c1-7-20(5,6)18(25)26-14-9-8-12(10-13(21)16(22)23)11-15(14)27-17(24)19(2,3)4;/h8-9,11,13H,7,10,21H2,1-6H3,(H2,22,23);1H/t13-;/m0./s1. The fourth-order valence-electron chi connectivity index (χ4n) is 1.86. The van der Waals surface area contributed by atoms with Crippen LogP contribution in [0.1, 0.15) is 53.5 Å². The van der Waals surface area contributed by atoms with Gasteiger partial charge in [-0.25, -0.2) is 0 Å². The highest BCUT2D eigenvalue weighted by Gasteiger charge is 2.30. The van der Waals surface area contributed by atoms with Crippen molar-refractivity contribution in [2.75, 3.05) is 0 Å². The normalized spacial score (nSPS) is 12.5. The van der Waals surface area contributed by atoms with Crippen LogP contribution in [-0.4, -0.2) is 23.9 Å². The first kappa shape index (κ1) is 25.9. The molecule has 28 heavy (non-hydrogen) atoms. The molecule has 5 N–H and O–H groups in total. The van der Waals surface area contributed by atoms with Gasteiger partial charge in [-0.1, -0.05) is 13.0 Å². The average Bonchev–Trinajstić information content (AvgIpc) is 2.55. The largest absolute Gasteiger partial charge is 1.00 e. The lowest BCUT2D eigenvalue weighted by Gasteiger charge is -2.22. The second kappa shape index (κ2) is 9.89. The summed E-state index contributed by atoms with van der Waals surface area (Å²) in [5.41, 5.74) is 8.26. The van der Waals surface area contributed by atoms with E-state index in [2.05, 4.69) is 5.73 Å². The van der Waals surface area contributed by atoms with Gasteiger partial charge >= 0.3 is 11.9 Å². The highest BCUT2D eigenvalue weighted by Crippen LogP contribution is 2.33. The molecule has 0 unspecified atom stereocenters. The lowest BCUT2D eigenvalue weighted by Crippen LogP contribution is -3.00. The first-order valence-corrected chi connectivity index (χ1v) is 8.97. The van der Waals surface area contributed by atoms with Crippen molar-refractivity contribution < 1.29 is 42.0 Å². The van der Waals surface area contributed by atoms with Crippen LogP contribution in [0.5, 0.6) is 11.5 Å². The summed E-state index contributed by atoms with van der Waals surface area (Å²) in [6.07, 6.45) is 0.882. The Kier molecular flexibility index (Phi) is 9.14. The minimum atomic E-state index is -0.734. The van der Waals surface area contributed by atoms with Crippen LogP contribution >= 0.6 is 0 Å². The van der Waals surface area contributed by atoms with Crippen molar-refractivity contribution in [3.05, 3.63) is 23.8 Å². The fraction of sp³-hybridized carbons (Fsp3) is 0.550. The lowest BCUT2D eigenvalue weighted by molar-refractivity contribution is -0.402. The van der Waals surface area contributed by atoms with Gasteiger partial charge in [-0.15, -0.1) is 0 Å². The molecule has 0 aromatic heterocycles. The summed E-state index contributed by atoms with van der Waals surface area (Å²) in [5.74, 6) is -1.12. The highest BCUT2D eigenvalue weighted by atomic mass is 35.5. The van der Waals surface area contributed by atoms with Gasteiger partial charge in [0.25, 0.3) is 5.91 Å². The molecule has 7 nitrogen and oxygen atoms in total. The molecule has 0 saturated carbocycles. The maximum absolute atomic E-state index is 12.4. The van der Waals surface area contributed by atoms with Crippen LogP contribution in [0.15, 0.2) is 18.2 Å². The number of rotatable bonds is 7. The van der Waals surface area contributed by atoms with E-state index in [-0.39, 0.29) is 30.3 Å². The Morgan fingerprint density at radius 3 is 2.04 bits per heavy atom. The van der Waals surface area contributed by atoms with Gasteiger partial charge in [0.2, 0.25) is 0 Å². The Hall–Kier alpha value is -2.12. The van der Waals surface area contributed by atoms with Crippen LogP contribution in [0.2, 0.25) is 0 Å². The number of halogens is 1. The third kappa shape index (κ3) is 7.13. The van der Waals surface area contributed by atoms with E-state index in [1.807, 2.05) is 6.92 Å². The van der Waals surface area contributed by atoms with Crippen LogP contribution in [0, 0.1) is 10.8 Å². The van der Waals surface area contributed by atoms with E-state index in [1.54, 1.807) is 52.8 Å². The second-order valence-corrected chi connectivity index (χ2v) is 8.35. The molecule has 0 fully saturated rings. The van der Waals surface area contributed by atoms with Gasteiger partial charge in [-0.3, -0.25) is 14.4 Å². The van der Waals surface area contributed by atoms with E-state index in [0.717, 1.165) is 0 Å². The molecule has 0 heterocycles. The van der Waals surface area contributed by atoms with E-state index < -0.39 is 34.7 Å². The van der Waals surface area contributed by atoms with Gasteiger partial charge in [0.15, 0.2) is 17.5 Å². The summed E-state index contributed by atoms with van der Waals surface area (Å²) >= 11 is 0. The zero-order chi connectivity index (χ0) is 21.0. The van der Waals surface area contributed by atoms with Gasteiger partial charge in [0.1, 0.15) is 0 Å². The zero-order valence-electron chi connectivity index (χ0n) is 17.4. The van der Waals surface area contributed by atoms with Crippen molar-refractivity contribution in [3.8, 4) is 11.5 Å². The molecule has 0 spiro atoms. The maximum Gasteiger partial charge on any atom is 0.317 e. The summed E-state index contributed by atoms with van der Waals surface area (Å²) in [4.78, 5) is 36.0. The first-order chi connectivity index (χ1) is 12.3. The van der Waals surface area contributed by atoms with Crippen LogP contribution in [0.25, 0.3) is 0 Å². The molecule has 0 bridgehead atoms. The van der Waals surface area contributed by atoms with Gasteiger partial charge < -0.3 is 33.3 Å². The predicted octanol–water partition coefficient (Wildman–Crippen LogP) is -1.38. The van der Waals surface area contributed by atoms with Crippen molar-refractivity contribution in [1.29, 1.82) is 0 Å². The monoisotopic (exact) mass is 414 g/mol. The number of hydrogen-bond acceptors (Lipinski definition) is 5. The quantitative estimate of drug-likeness (QED) is 0.420. The number of ether oxygens (including phenoxy) is 2.